The zero-order valence-electron chi connectivity index (χ0n) is 11.2. The van der Waals surface area contributed by atoms with E-state index < -0.39 is 10.0 Å². The van der Waals surface area contributed by atoms with E-state index in [4.69, 9.17) is 0 Å². The van der Waals surface area contributed by atoms with E-state index in [1.807, 2.05) is 0 Å². The normalized spacial score (nSPS) is 23.1. The average Bonchev–Trinajstić information content (AvgIpc) is 2.82. The average molecular weight is 365 g/mol. The molecule has 1 aromatic carbocycles. The molecule has 20 heavy (non-hydrogen) atoms. The zero-order chi connectivity index (χ0) is 14.8. The van der Waals surface area contributed by atoms with Crippen LogP contribution in [0.5, 0.6) is 0 Å². The van der Waals surface area contributed by atoms with Crippen LogP contribution < -0.4 is 10.0 Å². The summed E-state index contributed by atoms with van der Waals surface area (Å²) in [7, 11) is -3.24. The smallest absolute Gasteiger partial charge is 0.211 e. The Balaban J connectivity index is 2.10. The first-order valence-corrected chi connectivity index (χ1v) is 9.03. The molecule has 1 aliphatic rings. The van der Waals surface area contributed by atoms with Crippen molar-refractivity contribution in [3.63, 3.8) is 0 Å². The van der Waals surface area contributed by atoms with Crippen LogP contribution in [0.3, 0.4) is 0 Å². The van der Waals surface area contributed by atoms with E-state index in [0.717, 1.165) is 13.0 Å². The van der Waals surface area contributed by atoms with Gasteiger partial charge in [-0.15, -0.1) is 0 Å². The minimum atomic E-state index is -3.24. The number of benzene rings is 1. The molecule has 112 valence electrons. The van der Waals surface area contributed by atoms with Gasteiger partial charge in [-0.05, 0) is 53.9 Å². The molecule has 7 heteroatoms. The minimum absolute atomic E-state index is 0.0570. The van der Waals surface area contributed by atoms with Crippen molar-refractivity contribution in [2.24, 2.45) is 0 Å². The molecule has 1 aliphatic heterocycles. The Morgan fingerprint density at radius 1 is 1.50 bits per heavy atom. The Labute approximate surface area is 127 Å². The number of rotatable bonds is 5. The lowest BCUT2D eigenvalue weighted by Crippen LogP contribution is -2.45. The van der Waals surface area contributed by atoms with Crippen LogP contribution in [-0.2, 0) is 16.4 Å². The molecule has 1 aromatic rings. The van der Waals surface area contributed by atoms with E-state index in [9.17, 15) is 12.8 Å². The molecule has 0 amide bonds. The summed E-state index contributed by atoms with van der Waals surface area (Å²) in [5.74, 6) is -0.222. The highest BCUT2D eigenvalue weighted by Crippen LogP contribution is 2.22. The van der Waals surface area contributed by atoms with Gasteiger partial charge >= 0.3 is 0 Å². The summed E-state index contributed by atoms with van der Waals surface area (Å²) in [6, 6.07) is 4.89. The molecule has 1 fully saturated rings. The molecule has 2 N–H and O–H groups in total. The van der Waals surface area contributed by atoms with Crippen LogP contribution in [0.1, 0.15) is 18.9 Å². The summed E-state index contributed by atoms with van der Waals surface area (Å²) in [6.45, 7) is 2.34. The van der Waals surface area contributed by atoms with Crippen LogP contribution in [0.25, 0.3) is 0 Å². The molecular formula is C13H18BrFN2O2S. The summed E-state index contributed by atoms with van der Waals surface area (Å²) < 4.78 is 40.4. The molecule has 4 nitrogen and oxygen atoms in total. The highest BCUT2D eigenvalue weighted by molar-refractivity contribution is 9.10. The fourth-order valence-electron chi connectivity index (χ4n) is 2.38. The van der Waals surface area contributed by atoms with E-state index in [0.29, 0.717) is 16.5 Å². The van der Waals surface area contributed by atoms with Crippen molar-refractivity contribution < 1.29 is 12.8 Å². The van der Waals surface area contributed by atoms with Gasteiger partial charge in [-0.25, -0.2) is 17.5 Å². The summed E-state index contributed by atoms with van der Waals surface area (Å²) in [6.07, 6.45) is 1.18. The maximum Gasteiger partial charge on any atom is 0.211 e. The Hall–Kier alpha value is -0.500. The van der Waals surface area contributed by atoms with Gasteiger partial charge in [-0.1, -0.05) is 12.1 Å². The van der Waals surface area contributed by atoms with Gasteiger partial charge in [0.05, 0.1) is 10.2 Å². The lowest BCUT2D eigenvalue weighted by molar-refractivity contribution is 0.483. The summed E-state index contributed by atoms with van der Waals surface area (Å²) in [5.41, 5.74) is 0.583. The van der Waals surface area contributed by atoms with Crippen molar-refractivity contribution in [1.82, 2.24) is 10.0 Å². The Kier molecular flexibility index (Phi) is 5.17. The first kappa shape index (κ1) is 15.9. The molecule has 1 heterocycles. The van der Waals surface area contributed by atoms with Gasteiger partial charge in [0.15, 0.2) is 0 Å². The third-order valence-corrected chi connectivity index (χ3v) is 5.56. The lowest BCUT2D eigenvalue weighted by Gasteiger charge is -2.21. The SMILES string of the molecule is CCS(=O)(=O)N[C@H]1CCN[C@H]1Cc1cccc(Br)c1F. The lowest BCUT2D eigenvalue weighted by atomic mass is 10.0. The molecule has 2 atom stereocenters. The van der Waals surface area contributed by atoms with Crippen molar-refractivity contribution >= 4 is 26.0 Å². The first-order valence-electron chi connectivity index (χ1n) is 6.59. The molecule has 0 spiro atoms. The quantitative estimate of drug-likeness (QED) is 0.837. The van der Waals surface area contributed by atoms with Crippen LogP contribution >= 0.6 is 15.9 Å². The maximum absolute atomic E-state index is 14.0. The van der Waals surface area contributed by atoms with E-state index in [1.54, 1.807) is 25.1 Å². The third kappa shape index (κ3) is 3.78. The van der Waals surface area contributed by atoms with Crippen molar-refractivity contribution in [1.29, 1.82) is 0 Å². The molecule has 0 aliphatic carbocycles. The second kappa shape index (κ2) is 6.51. The molecule has 2 rings (SSSR count). The monoisotopic (exact) mass is 364 g/mol. The van der Waals surface area contributed by atoms with Gasteiger partial charge in [0.2, 0.25) is 10.0 Å². The largest absolute Gasteiger partial charge is 0.312 e. The van der Waals surface area contributed by atoms with E-state index in [1.165, 1.54) is 0 Å². The molecule has 0 saturated carbocycles. The fourth-order valence-corrected chi connectivity index (χ4v) is 3.70. The van der Waals surface area contributed by atoms with Crippen molar-refractivity contribution in [2.45, 2.75) is 31.8 Å². The Morgan fingerprint density at radius 3 is 2.95 bits per heavy atom. The van der Waals surface area contributed by atoms with Crippen molar-refractivity contribution in [3.05, 3.63) is 34.1 Å². The Morgan fingerprint density at radius 2 is 2.25 bits per heavy atom. The zero-order valence-corrected chi connectivity index (χ0v) is 13.6. The predicted molar refractivity (Wildman–Crippen MR) is 80.6 cm³/mol. The molecule has 1 saturated heterocycles. The number of halogens is 2. The van der Waals surface area contributed by atoms with E-state index >= 15 is 0 Å². The number of sulfonamides is 1. The minimum Gasteiger partial charge on any atom is -0.312 e. The number of nitrogens with one attached hydrogen (secondary N) is 2. The van der Waals surface area contributed by atoms with Crippen LogP contribution in [-0.4, -0.2) is 32.8 Å². The molecule has 0 radical (unpaired) electrons. The van der Waals surface area contributed by atoms with Crippen LogP contribution in [0.4, 0.5) is 4.39 Å². The van der Waals surface area contributed by atoms with Crippen LogP contribution in [0.15, 0.2) is 22.7 Å². The number of hydrogen-bond acceptors (Lipinski definition) is 3. The molecular weight excluding hydrogens is 347 g/mol. The standard InChI is InChI=1S/C13H18BrFN2O2S/c1-2-20(18,19)17-11-6-7-16-12(11)8-9-4-3-5-10(14)13(9)15/h3-5,11-12,16-17H,2,6-8H2,1H3/t11-,12-/m0/s1. The van der Waals surface area contributed by atoms with Crippen molar-refractivity contribution in [3.8, 4) is 0 Å². The highest BCUT2D eigenvalue weighted by Gasteiger charge is 2.30. The molecule has 0 unspecified atom stereocenters. The van der Waals surface area contributed by atoms with E-state index in [2.05, 4.69) is 26.0 Å². The Bertz CT molecular complexity index is 580. The van der Waals surface area contributed by atoms with Gasteiger partial charge in [0.1, 0.15) is 5.82 Å². The second-order valence-corrected chi connectivity index (χ2v) is 7.79. The molecule has 0 aromatic heterocycles. The number of hydrogen-bond donors (Lipinski definition) is 2. The van der Waals surface area contributed by atoms with Crippen molar-refractivity contribution in [2.75, 3.05) is 12.3 Å². The maximum atomic E-state index is 14.0. The van der Waals surface area contributed by atoms with Gasteiger partial charge in [-0.3, -0.25) is 0 Å². The van der Waals surface area contributed by atoms with E-state index in [-0.39, 0.29) is 23.7 Å². The third-order valence-electron chi connectivity index (χ3n) is 3.53. The van der Waals surface area contributed by atoms with Gasteiger partial charge < -0.3 is 5.32 Å². The topological polar surface area (TPSA) is 58.2 Å². The van der Waals surface area contributed by atoms with Crippen LogP contribution in [0, 0.1) is 5.82 Å². The van der Waals surface area contributed by atoms with Gasteiger partial charge in [0.25, 0.3) is 0 Å². The predicted octanol–water partition coefficient (Wildman–Crippen LogP) is 1.80. The highest BCUT2D eigenvalue weighted by atomic mass is 79.9. The fraction of sp³-hybridized carbons (Fsp3) is 0.538. The van der Waals surface area contributed by atoms with Gasteiger partial charge in [-0.2, -0.15) is 0 Å². The summed E-state index contributed by atoms with van der Waals surface area (Å²) in [4.78, 5) is 0. The second-order valence-electron chi connectivity index (χ2n) is 4.89. The summed E-state index contributed by atoms with van der Waals surface area (Å²) in [5, 5.41) is 3.24. The first-order chi connectivity index (χ1) is 9.43. The summed E-state index contributed by atoms with van der Waals surface area (Å²) >= 11 is 3.16. The molecule has 0 bridgehead atoms. The van der Waals surface area contributed by atoms with Crippen LogP contribution in [0.2, 0.25) is 0 Å². The van der Waals surface area contributed by atoms with Gasteiger partial charge in [0, 0.05) is 12.1 Å².